The van der Waals surface area contributed by atoms with Crippen LogP contribution in [-0.2, 0) is 16.0 Å². The molecule has 33 heavy (non-hydrogen) atoms. The van der Waals surface area contributed by atoms with Crippen molar-refractivity contribution in [2.45, 2.75) is 26.3 Å². The van der Waals surface area contributed by atoms with Crippen LogP contribution < -0.4 is 4.90 Å². The number of thiazole rings is 1. The molecule has 5 rings (SSSR count). The van der Waals surface area contributed by atoms with Crippen LogP contribution in [0.1, 0.15) is 34.5 Å². The molecule has 0 aliphatic carbocycles. The molecule has 1 fully saturated rings. The molecule has 2 aromatic heterocycles. The van der Waals surface area contributed by atoms with Crippen molar-refractivity contribution in [2.24, 2.45) is 0 Å². The van der Waals surface area contributed by atoms with Crippen molar-refractivity contribution >= 4 is 67.1 Å². The number of hydrogen-bond donors (Lipinski definition) is 1. The normalized spacial score (nSPS) is 17.9. The van der Waals surface area contributed by atoms with Gasteiger partial charge in [-0.3, -0.25) is 14.5 Å². The summed E-state index contributed by atoms with van der Waals surface area (Å²) in [6, 6.07) is 14.0. The molecule has 5 nitrogen and oxygen atoms in total. The second kappa shape index (κ2) is 8.41. The summed E-state index contributed by atoms with van der Waals surface area (Å²) in [6.45, 7) is 3.95. The van der Waals surface area contributed by atoms with Crippen molar-refractivity contribution in [3.63, 3.8) is 0 Å². The predicted molar refractivity (Wildman–Crippen MR) is 134 cm³/mol. The van der Waals surface area contributed by atoms with Crippen LogP contribution in [0.25, 0.3) is 16.0 Å². The molecule has 0 saturated carbocycles. The number of aromatic nitrogens is 1. The third-order valence-corrected chi connectivity index (χ3v) is 8.11. The SMILES string of the molecule is CCc1ccc(/C(O)=C2\C(=O)C(=O)N(c3nc4cc(Cl)c(C)cc4s3)C2c2cccs2)cc1. The van der Waals surface area contributed by atoms with Gasteiger partial charge in [0.2, 0.25) is 0 Å². The Morgan fingerprint density at radius 1 is 1.18 bits per heavy atom. The number of ketones is 1. The minimum Gasteiger partial charge on any atom is -0.507 e. The molecule has 1 amide bonds. The first-order valence-corrected chi connectivity index (χ1v) is 12.5. The van der Waals surface area contributed by atoms with Gasteiger partial charge in [0.1, 0.15) is 11.8 Å². The van der Waals surface area contributed by atoms with E-state index in [0.717, 1.165) is 27.1 Å². The number of carbonyl (C=O) groups excluding carboxylic acids is 2. The average molecular weight is 495 g/mol. The Kier molecular flexibility index (Phi) is 5.56. The first-order valence-electron chi connectivity index (χ1n) is 10.4. The van der Waals surface area contributed by atoms with E-state index in [0.29, 0.717) is 21.2 Å². The van der Waals surface area contributed by atoms with Crippen LogP contribution in [0, 0.1) is 6.92 Å². The lowest BCUT2D eigenvalue weighted by atomic mass is 9.99. The highest BCUT2D eigenvalue weighted by Crippen LogP contribution is 2.45. The van der Waals surface area contributed by atoms with Crippen LogP contribution in [0.5, 0.6) is 0 Å². The number of benzene rings is 2. The zero-order chi connectivity index (χ0) is 23.3. The topological polar surface area (TPSA) is 70.5 Å². The van der Waals surface area contributed by atoms with E-state index in [2.05, 4.69) is 4.98 Å². The number of aryl methyl sites for hydroxylation is 2. The molecule has 1 atom stereocenters. The van der Waals surface area contributed by atoms with Gasteiger partial charge in [0.05, 0.1) is 15.8 Å². The standard InChI is InChI=1S/C25H19ClN2O3S2/c1-3-14-6-8-15(9-7-14)22(29)20-21(18-5-4-10-32-18)28(24(31)23(20)30)25-27-17-12-16(26)13(2)11-19(17)33-25/h4-12,21,29H,3H2,1-2H3/b22-20+. The average Bonchev–Trinajstić information content (AvgIpc) is 3.53. The van der Waals surface area contributed by atoms with E-state index in [9.17, 15) is 14.7 Å². The number of nitrogens with zero attached hydrogens (tertiary/aromatic N) is 2. The summed E-state index contributed by atoms with van der Waals surface area (Å²) in [5.41, 5.74) is 3.25. The summed E-state index contributed by atoms with van der Waals surface area (Å²) >= 11 is 9.01. The number of Topliss-reactive ketones (excluding diaryl/α,β-unsaturated/α-hetero) is 1. The van der Waals surface area contributed by atoms with Crippen molar-refractivity contribution in [1.29, 1.82) is 0 Å². The van der Waals surface area contributed by atoms with E-state index < -0.39 is 17.7 Å². The molecule has 1 aliphatic rings. The lowest BCUT2D eigenvalue weighted by Crippen LogP contribution is -2.28. The minimum absolute atomic E-state index is 0.0696. The van der Waals surface area contributed by atoms with Crippen molar-refractivity contribution in [1.82, 2.24) is 4.98 Å². The van der Waals surface area contributed by atoms with Crippen LogP contribution in [-0.4, -0.2) is 21.8 Å². The molecule has 1 aliphatic heterocycles. The van der Waals surface area contributed by atoms with E-state index >= 15 is 0 Å². The lowest BCUT2D eigenvalue weighted by Gasteiger charge is -2.21. The Balaban J connectivity index is 1.69. The van der Waals surface area contributed by atoms with Crippen molar-refractivity contribution in [3.05, 3.63) is 86.1 Å². The number of carbonyl (C=O) groups is 2. The first-order chi connectivity index (χ1) is 15.9. The van der Waals surface area contributed by atoms with Crippen LogP contribution >= 0.6 is 34.3 Å². The Hall–Kier alpha value is -3.00. The van der Waals surface area contributed by atoms with Crippen molar-refractivity contribution in [3.8, 4) is 0 Å². The van der Waals surface area contributed by atoms with Gasteiger partial charge >= 0.3 is 5.91 Å². The van der Waals surface area contributed by atoms with E-state index in [1.54, 1.807) is 18.2 Å². The Morgan fingerprint density at radius 3 is 2.61 bits per heavy atom. The van der Waals surface area contributed by atoms with Gasteiger partial charge in [-0.05, 0) is 48.1 Å². The largest absolute Gasteiger partial charge is 0.507 e. The fourth-order valence-electron chi connectivity index (χ4n) is 3.94. The Bertz CT molecular complexity index is 1380. The smallest absolute Gasteiger partial charge is 0.301 e. The summed E-state index contributed by atoms with van der Waals surface area (Å²) in [7, 11) is 0. The zero-order valence-electron chi connectivity index (χ0n) is 17.8. The number of halogens is 1. The van der Waals surface area contributed by atoms with Crippen molar-refractivity contribution < 1.29 is 14.7 Å². The van der Waals surface area contributed by atoms with E-state index in [1.165, 1.54) is 27.6 Å². The minimum atomic E-state index is -0.756. The maximum absolute atomic E-state index is 13.2. The fraction of sp³-hybridized carbons (Fsp3) is 0.160. The van der Waals surface area contributed by atoms with Gasteiger partial charge in [-0.2, -0.15) is 0 Å². The maximum Gasteiger partial charge on any atom is 0.301 e. The van der Waals surface area contributed by atoms with Gasteiger partial charge < -0.3 is 5.11 Å². The molecule has 2 aromatic carbocycles. The van der Waals surface area contributed by atoms with Crippen molar-refractivity contribution in [2.75, 3.05) is 4.90 Å². The van der Waals surface area contributed by atoms with Crippen LogP contribution in [0.3, 0.4) is 0 Å². The predicted octanol–water partition coefficient (Wildman–Crippen LogP) is 6.51. The quantitative estimate of drug-likeness (QED) is 0.199. The molecule has 1 saturated heterocycles. The van der Waals surface area contributed by atoms with Gasteiger partial charge in [0.15, 0.2) is 5.13 Å². The highest BCUT2D eigenvalue weighted by molar-refractivity contribution is 7.22. The first kappa shape index (κ1) is 21.8. The third-order valence-electron chi connectivity index (χ3n) is 5.76. The third kappa shape index (κ3) is 3.66. The molecule has 0 bridgehead atoms. The zero-order valence-corrected chi connectivity index (χ0v) is 20.2. The number of thiophene rings is 1. The van der Waals surface area contributed by atoms with E-state index in [-0.39, 0.29) is 11.3 Å². The second-order valence-corrected chi connectivity index (χ2v) is 10.2. The second-order valence-electron chi connectivity index (χ2n) is 7.80. The fourth-order valence-corrected chi connectivity index (χ4v) is 5.99. The van der Waals surface area contributed by atoms with E-state index in [4.69, 9.17) is 11.6 Å². The molecule has 3 heterocycles. The number of amides is 1. The molecule has 0 radical (unpaired) electrons. The summed E-state index contributed by atoms with van der Waals surface area (Å²) in [5, 5.41) is 14.0. The summed E-state index contributed by atoms with van der Waals surface area (Å²) < 4.78 is 0.869. The summed E-state index contributed by atoms with van der Waals surface area (Å²) in [4.78, 5) is 33.2. The number of anilines is 1. The van der Waals surface area contributed by atoms with E-state index in [1.807, 2.05) is 49.6 Å². The van der Waals surface area contributed by atoms with Crippen LogP contribution in [0.2, 0.25) is 5.02 Å². The number of hydrogen-bond acceptors (Lipinski definition) is 6. The molecule has 0 spiro atoms. The Labute approximate surface area is 203 Å². The summed E-state index contributed by atoms with van der Waals surface area (Å²) in [6.07, 6.45) is 0.863. The molecule has 4 aromatic rings. The van der Waals surface area contributed by atoms with Gasteiger partial charge in [0.25, 0.3) is 5.78 Å². The van der Waals surface area contributed by atoms with Gasteiger partial charge in [-0.25, -0.2) is 4.98 Å². The summed E-state index contributed by atoms with van der Waals surface area (Å²) in [5.74, 6) is -1.61. The van der Waals surface area contributed by atoms with Gasteiger partial charge in [-0.15, -0.1) is 11.3 Å². The molecular formula is C25H19ClN2O3S2. The molecule has 1 N–H and O–H groups in total. The van der Waals surface area contributed by atoms with Gasteiger partial charge in [0, 0.05) is 15.5 Å². The number of rotatable bonds is 4. The Morgan fingerprint density at radius 2 is 1.94 bits per heavy atom. The monoisotopic (exact) mass is 494 g/mol. The van der Waals surface area contributed by atoms with Gasteiger partial charge in [-0.1, -0.05) is 60.2 Å². The molecular weight excluding hydrogens is 476 g/mol. The molecule has 166 valence electrons. The molecule has 8 heteroatoms. The highest BCUT2D eigenvalue weighted by atomic mass is 35.5. The van der Waals surface area contributed by atoms with Crippen LogP contribution in [0.15, 0.2) is 59.5 Å². The number of aliphatic hydroxyl groups is 1. The molecule has 1 unspecified atom stereocenters. The number of aliphatic hydroxyl groups excluding tert-OH is 1. The van der Waals surface area contributed by atoms with Crippen LogP contribution in [0.4, 0.5) is 5.13 Å². The highest BCUT2D eigenvalue weighted by Gasteiger charge is 2.48. The lowest BCUT2D eigenvalue weighted by molar-refractivity contribution is -0.132. The maximum atomic E-state index is 13.2. The number of fused-ring (bicyclic) bond motifs is 1.